The molecule has 4 nitrogen and oxygen atoms in total. The number of amides is 2. The van der Waals surface area contributed by atoms with Crippen molar-refractivity contribution in [3.05, 3.63) is 0 Å². The fraction of sp³-hybridized carbons (Fsp3) is 0.750. The number of hydrogen-bond acceptors (Lipinski definition) is 2. The minimum absolute atomic E-state index is 0.0266. The van der Waals surface area contributed by atoms with Crippen LogP contribution in [-0.2, 0) is 9.59 Å². The van der Waals surface area contributed by atoms with Gasteiger partial charge in [-0.2, -0.15) is 0 Å². The van der Waals surface area contributed by atoms with E-state index in [9.17, 15) is 9.59 Å². The van der Waals surface area contributed by atoms with Crippen molar-refractivity contribution in [3.8, 4) is 0 Å². The Morgan fingerprint density at radius 2 is 1.67 bits per heavy atom. The minimum Gasteiger partial charge on any atom is -0.370 e. The Bertz CT molecular complexity index is 194. The third kappa shape index (κ3) is 3.37. The Labute approximate surface area is 72.3 Å². The molecule has 2 amide bonds. The molecule has 0 rings (SSSR count). The molecule has 12 heavy (non-hydrogen) atoms. The molecular weight excluding hydrogens is 156 g/mol. The molecule has 0 aromatic rings. The first-order chi connectivity index (χ1) is 5.25. The van der Waals surface area contributed by atoms with E-state index in [1.165, 1.54) is 0 Å². The van der Waals surface area contributed by atoms with Gasteiger partial charge in [0, 0.05) is 6.42 Å². The van der Waals surface area contributed by atoms with Crippen LogP contribution in [0.2, 0.25) is 0 Å². The van der Waals surface area contributed by atoms with E-state index in [0.717, 1.165) is 0 Å². The van der Waals surface area contributed by atoms with Gasteiger partial charge in [0.2, 0.25) is 11.8 Å². The van der Waals surface area contributed by atoms with Crippen LogP contribution in [0, 0.1) is 11.3 Å². The summed E-state index contributed by atoms with van der Waals surface area (Å²) in [4.78, 5) is 21.5. The average Bonchev–Trinajstić information content (AvgIpc) is 1.79. The molecule has 0 saturated carbocycles. The predicted molar refractivity (Wildman–Crippen MR) is 46.0 cm³/mol. The van der Waals surface area contributed by atoms with Gasteiger partial charge >= 0.3 is 0 Å². The Hall–Kier alpha value is -1.06. The highest BCUT2D eigenvalue weighted by Gasteiger charge is 2.30. The Morgan fingerprint density at radius 3 is 1.75 bits per heavy atom. The van der Waals surface area contributed by atoms with Crippen molar-refractivity contribution < 1.29 is 9.59 Å². The van der Waals surface area contributed by atoms with Crippen molar-refractivity contribution in [2.75, 3.05) is 0 Å². The van der Waals surface area contributed by atoms with Gasteiger partial charge in [-0.25, -0.2) is 0 Å². The van der Waals surface area contributed by atoms with Crippen LogP contribution in [0.15, 0.2) is 0 Å². The van der Waals surface area contributed by atoms with Crippen LogP contribution in [0.4, 0.5) is 0 Å². The summed E-state index contributed by atoms with van der Waals surface area (Å²) in [5.41, 5.74) is 9.80. The number of rotatable bonds is 3. The normalized spacial score (nSPS) is 13.9. The molecule has 4 N–H and O–H groups in total. The lowest BCUT2D eigenvalue weighted by atomic mass is 9.78. The van der Waals surface area contributed by atoms with Crippen LogP contribution >= 0.6 is 0 Å². The standard InChI is InChI=1S/C8H16N2O2/c1-8(2,3)5(7(10)12)4-6(9)11/h5H,4H2,1-3H3,(H2,9,11)(H2,10,12)/t5-/m0/s1. The van der Waals surface area contributed by atoms with Crippen molar-refractivity contribution in [2.24, 2.45) is 22.8 Å². The van der Waals surface area contributed by atoms with E-state index in [2.05, 4.69) is 0 Å². The van der Waals surface area contributed by atoms with Crippen LogP contribution in [0.5, 0.6) is 0 Å². The molecule has 0 aliphatic rings. The van der Waals surface area contributed by atoms with Crippen molar-refractivity contribution in [2.45, 2.75) is 27.2 Å². The van der Waals surface area contributed by atoms with Gasteiger partial charge in [-0.1, -0.05) is 20.8 Å². The van der Waals surface area contributed by atoms with E-state index in [4.69, 9.17) is 11.5 Å². The van der Waals surface area contributed by atoms with Gasteiger partial charge in [-0.15, -0.1) is 0 Å². The molecule has 0 bridgehead atoms. The molecule has 0 aromatic heterocycles. The largest absolute Gasteiger partial charge is 0.370 e. The highest BCUT2D eigenvalue weighted by Crippen LogP contribution is 2.27. The molecule has 70 valence electrons. The van der Waals surface area contributed by atoms with Crippen LogP contribution < -0.4 is 11.5 Å². The molecule has 0 heterocycles. The van der Waals surface area contributed by atoms with Gasteiger partial charge in [0.15, 0.2) is 0 Å². The molecular formula is C8H16N2O2. The summed E-state index contributed by atoms with van der Waals surface area (Å²) in [6, 6.07) is 0. The van der Waals surface area contributed by atoms with Gasteiger partial charge in [0.1, 0.15) is 0 Å². The maximum atomic E-state index is 10.9. The topological polar surface area (TPSA) is 86.2 Å². The third-order valence-corrected chi connectivity index (χ3v) is 1.79. The highest BCUT2D eigenvalue weighted by atomic mass is 16.2. The summed E-state index contributed by atoms with van der Waals surface area (Å²) in [6.45, 7) is 5.56. The molecule has 4 heteroatoms. The number of hydrogen-bond donors (Lipinski definition) is 2. The van der Waals surface area contributed by atoms with Gasteiger partial charge in [0.25, 0.3) is 0 Å². The third-order valence-electron chi connectivity index (χ3n) is 1.79. The maximum Gasteiger partial charge on any atom is 0.221 e. The van der Waals surface area contributed by atoms with Crippen LogP contribution in [0.1, 0.15) is 27.2 Å². The Morgan fingerprint density at radius 1 is 1.25 bits per heavy atom. The minimum atomic E-state index is -0.492. The van der Waals surface area contributed by atoms with E-state index in [-0.39, 0.29) is 11.8 Å². The van der Waals surface area contributed by atoms with Gasteiger partial charge in [-0.3, -0.25) is 9.59 Å². The number of carbonyl (C=O) groups excluding carboxylic acids is 2. The van der Waals surface area contributed by atoms with Crippen LogP contribution in [-0.4, -0.2) is 11.8 Å². The van der Waals surface area contributed by atoms with E-state index in [1.807, 2.05) is 20.8 Å². The lowest BCUT2D eigenvalue weighted by Crippen LogP contribution is -2.36. The first kappa shape index (κ1) is 10.9. The Kier molecular flexibility index (Phi) is 3.24. The fourth-order valence-electron chi connectivity index (χ4n) is 1.03. The van der Waals surface area contributed by atoms with Crippen molar-refractivity contribution >= 4 is 11.8 Å². The van der Waals surface area contributed by atoms with Gasteiger partial charge in [-0.05, 0) is 5.41 Å². The monoisotopic (exact) mass is 172 g/mol. The second kappa shape index (κ2) is 3.56. The first-order valence-corrected chi connectivity index (χ1v) is 3.82. The molecule has 0 aliphatic carbocycles. The molecule has 0 unspecified atom stereocenters. The SMILES string of the molecule is CC(C)(C)[C@@H](CC(N)=O)C(N)=O. The Balaban J connectivity index is 4.46. The van der Waals surface area contributed by atoms with Crippen molar-refractivity contribution in [3.63, 3.8) is 0 Å². The molecule has 0 fully saturated rings. The molecule has 0 spiro atoms. The van der Waals surface area contributed by atoms with E-state index < -0.39 is 17.7 Å². The van der Waals surface area contributed by atoms with E-state index >= 15 is 0 Å². The highest BCUT2D eigenvalue weighted by molar-refractivity contribution is 5.84. The summed E-state index contributed by atoms with van der Waals surface area (Å²) < 4.78 is 0. The summed E-state index contributed by atoms with van der Waals surface area (Å²) in [6.07, 6.45) is 0.0266. The quantitative estimate of drug-likeness (QED) is 0.628. The molecule has 0 aromatic carbocycles. The molecule has 0 saturated heterocycles. The van der Waals surface area contributed by atoms with Gasteiger partial charge < -0.3 is 11.5 Å². The maximum absolute atomic E-state index is 10.9. The van der Waals surface area contributed by atoms with E-state index in [1.54, 1.807) is 0 Å². The summed E-state index contributed by atoms with van der Waals surface area (Å²) >= 11 is 0. The van der Waals surface area contributed by atoms with Gasteiger partial charge in [0.05, 0.1) is 5.92 Å². The first-order valence-electron chi connectivity index (χ1n) is 3.82. The zero-order valence-corrected chi connectivity index (χ0v) is 7.76. The average molecular weight is 172 g/mol. The zero-order valence-electron chi connectivity index (χ0n) is 7.76. The van der Waals surface area contributed by atoms with Crippen LogP contribution in [0.25, 0.3) is 0 Å². The van der Waals surface area contributed by atoms with Crippen molar-refractivity contribution in [1.82, 2.24) is 0 Å². The number of carbonyl (C=O) groups is 2. The fourth-order valence-corrected chi connectivity index (χ4v) is 1.03. The summed E-state index contributed by atoms with van der Waals surface area (Å²) in [7, 11) is 0. The molecule has 1 atom stereocenters. The number of nitrogens with two attached hydrogens (primary N) is 2. The second-order valence-electron chi connectivity index (χ2n) is 3.99. The zero-order chi connectivity index (χ0) is 9.94. The lowest BCUT2D eigenvalue weighted by molar-refractivity contribution is -0.130. The van der Waals surface area contributed by atoms with Crippen molar-refractivity contribution in [1.29, 1.82) is 0 Å². The summed E-state index contributed by atoms with van der Waals surface area (Å²) in [5, 5.41) is 0. The van der Waals surface area contributed by atoms with E-state index in [0.29, 0.717) is 0 Å². The predicted octanol–water partition coefficient (Wildman–Crippen LogP) is 0.00940. The smallest absolute Gasteiger partial charge is 0.221 e. The second-order valence-corrected chi connectivity index (χ2v) is 3.99. The summed E-state index contributed by atoms with van der Waals surface area (Å²) in [5.74, 6) is -1.44. The number of primary amides is 2. The molecule has 0 aliphatic heterocycles. The van der Waals surface area contributed by atoms with Crippen LogP contribution in [0.3, 0.4) is 0 Å². The lowest BCUT2D eigenvalue weighted by Gasteiger charge is -2.26. The molecule has 0 radical (unpaired) electrons.